The third kappa shape index (κ3) is 5.38. The Morgan fingerprint density at radius 1 is 1.07 bits per heavy atom. The number of alkyl carbamates (subject to hydrolysis) is 1. The summed E-state index contributed by atoms with van der Waals surface area (Å²) in [5.74, 6) is -0.297. The van der Waals surface area contributed by atoms with Gasteiger partial charge in [0.2, 0.25) is 0 Å². The van der Waals surface area contributed by atoms with Crippen LogP contribution in [0.15, 0.2) is 53.1 Å². The molecule has 3 aromatic rings. The third-order valence-electron chi connectivity index (χ3n) is 4.26. The number of furan rings is 1. The molecule has 1 aromatic heterocycles. The summed E-state index contributed by atoms with van der Waals surface area (Å²) in [7, 11) is 1.38. The Kier molecular flexibility index (Phi) is 5.92. The Morgan fingerprint density at radius 3 is 2.59 bits per heavy atom. The van der Waals surface area contributed by atoms with Gasteiger partial charge in [0.25, 0.3) is 0 Å². The van der Waals surface area contributed by atoms with E-state index in [2.05, 4.69) is 5.32 Å². The molecule has 152 valence electrons. The van der Waals surface area contributed by atoms with E-state index in [0.717, 1.165) is 33.2 Å². The van der Waals surface area contributed by atoms with Crippen LogP contribution in [-0.4, -0.2) is 24.8 Å². The average molecular weight is 395 g/mol. The van der Waals surface area contributed by atoms with Gasteiger partial charge in [0, 0.05) is 17.5 Å². The van der Waals surface area contributed by atoms with E-state index in [-0.39, 0.29) is 12.4 Å². The molecule has 0 radical (unpaired) electrons. The predicted octanol–water partition coefficient (Wildman–Crippen LogP) is 4.84. The maximum absolute atomic E-state index is 11.9. The first-order valence-electron chi connectivity index (χ1n) is 9.38. The third-order valence-corrected chi connectivity index (χ3v) is 4.26. The molecule has 2 aromatic carbocycles. The summed E-state index contributed by atoms with van der Waals surface area (Å²) >= 11 is 0. The number of amides is 1. The fourth-order valence-electron chi connectivity index (χ4n) is 3.04. The standard InChI is InChI=1S/C23H25NO5/c1-23(2,3)29-22(26)24-14-15-6-5-7-17(10-15)19-12-16(13-20(25)27-4)11-18-8-9-28-21(18)19/h5-12H,13-14H2,1-4H3,(H,24,26). The van der Waals surface area contributed by atoms with Gasteiger partial charge in [0.15, 0.2) is 0 Å². The Morgan fingerprint density at radius 2 is 1.86 bits per heavy atom. The fourth-order valence-corrected chi connectivity index (χ4v) is 3.04. The van der Waals surface area contributed by atoms with Gasteiger partial charge in [-0.15, -0.1) is 0 Å². The first-order chi connectivity index (χ1) is 13.7. The van der Waals surface area contributed by atoms with Crippen molar-refractivity contribution in [3.63, 3.8) is 0 Å². The second-order valence-electron chi connectivity index (χ2n) is 7.79. The number of esters is 1. The van der Waals surface area contributed by atoms with Gasteiger partial charge in [0.05, 0.1) is 19.8 Å². The summed E-state index contributed by atoms with van der Waals surface area (Å²) in [5, 5.41) is 3.68. The van der Waals surface area contributed by atoms with Crippen LogP contribution in [0.4, 0.5) is 4.79 Å². The van der Waals surface area contributed by atoms with Gasteiger partial charge in [-0.05, 0) is 61.7 Å². The van der Waals surface area contributed by atoms with Crippen LogP contribution in [0, 0.1) is 0 Å². The van der Waals surface area contributed by atoms with Crippen molar-refractivity contribution >= 4 is 23.0 Å². The smallest absolute Gasteiger partial charge is 0.407 e. The van der Waals surface area contributed by atoms with Crippen molar-refractivity contribution in [2.75, 3.05) is 7.11 Å². The highest BCUT2D eigenvalue weighted by atomic mass is 16.6. The van der Waals surface area contributed by atoms with E-state index in [9.17, 15) is 9.59 Å². The van der Waals surface area contributed by atoms with Crippen LogP contribution in [0.5, 0.6) is 0 Å². The minimum absolute atomic E-state index is 0.185. The molecule has 1 heterocycles. The lowest BCUT2D eigenvalue weighted by Crippen LogP contribution is -2.32. The van der Waals surface area contributed by atoms with Crippen LogP contribution in [0.25, 0.3) is 22.1 Å². The van der Waals surface area contributed by atoms with E-state index in [4.69, 9.17) is 13.9 Å². The Balaban J connectivity index is 1.86. The number of hydrogen-bond donors (Lipinski definition) is 1. The molecule has 0 bridgehead atoms. The second kappa shape index (κ2) is 8.39. The molecule has 6 heteroatoms. The maximum Gasteiger partial charge on any atom is 0.407 e. The molecule has 1 N–H and O–H groups in total. The highest BCUT2D eigenvalue weighted by Crippen LogP contribution is 2.32. The van der Waals surface area contributed by atoms with E-state index < -0.39 is 11.7 Å². The van der Waals surface area contributed by atoms with Gasteiger partial charge in [-0.1, -0.05) is 18.2 Å². The Labute approximate surface area is 169 Å². The van der Waals surface area contributed by atoms with Gasteiger partial charge < -0.3 is 19.2 Å². The molecule has 1 amide bonds. The number of methoxy groups -OCH3 is 1. The van der Waals surface area contributed by atoms with Gasteiger partial charge >= 0.3 is 12.1 Å². The van der Waals surface area contributed by atoms with Crippen molar-refractivity contribution in [2.45, 2.75) is 39.3 Å². The van der Waals surface area contributed by atoms with E-state index >= 15 is 0 Å². The summed E-state index contributed by atoms with van der Waals surface area (Å²) in [5.41, 5.74) is 3.78. The molecule has 0 spiro atoms. The number of hydrogen-bond acceptors (Lipinski definition) is 5. The van der Waals surface area contributed by atoms with Gasteiger partial charge in [-0.25, -0.2) is 4.79 Å². The molecule has 3 rings (SSSR count). The zero-order valence-electron chi connectivity index (χ0n) is 17.1. The first kappa shape index (κ1) is 20.5. The molecule has 29 heavy (non-hydrogen) atoms. The summed E-state index contributed by atoms with van der Waals surface area (Å²) in [6.45, 7) is 5.81. The van der Waals surface area contributed by atoms with Crippen molar-refractivity contribution in [2.24, 2.45) is 0 Å². The molecular formula is C23H25NO5. The van der Waals surface area contributed by atoms with E-state index in [1.165, 1.54) is 7.11 Å². The summed E-state index contributed by atoms with van der Waals surface area (Å²) < 4.78 is 15.7. The lowest BCUT2D eigenvalue weighted by atomic mass is 9.97. The first-order valence-corrected chi connectivity index (χ1v) is 9.38. The molecule has 0 aliphatic carbocycles. The highest BCUT2D eigenvalue weighted by molar-refractivity contribution is 5.94. The molecule has 6 nitrogen and oxygen atoms in total. The molecular weight excluding hydrogens is 370 g/mol. The van der Waals surface area contributed by atoms with E-state index in [0.29, 0.717) is 6.54 Å². The summed E-state index contributed by atoms with van der Waals surface area (Å²) in [6, 6.07) is 13.5. The van der Waals surface area contributed by atoms with Crippen LogP contribution in [-0.2, 0) is 27.2 Å². The van der Waals surface area contributed by atoms with Crippen LogP contribution in [0.1, 0.15) is 31.9 Å². The maximum atomic E-state index is 11.9. The van der Waals surface area contributed by atoms with Crippen LogP contribution >= 0.6 is 0 Å². The average Bonchev–Trinajstić information content (AvgIpc) is 3.13. The van der Waals surface area contributed by atoms with Crippen LogP contribution in [0.2, 0.25) is 0 Å². The largest absolute Gasteiger partial charge is 0.469 e. The van der Waals surface area contributed by atoms with Crippen molar-refractivity contribution in [1.29, 1.82) is 0 Å². The van der Waals surface area contributed by atoms with Gasteiger partial charge in [-0.3, -0.25) is 4.79 Å². The molecule has 0 saturated heterocycles. The zero-order chi connectivity index (χ0) is 21.0. The molecule has 0 atom stereocenters. The summed E-state index contributed by atoms with van der Waals surface area (Å²) in [6.07, 6.45) is 1.35. The second-order valence-corrected chi connectivity index (χ2v) is 7.79. The molecule has 0 unspecified atom stereocenters. The van der Waals surface area contributed by atoms with E-state index in [1.807, 2.05) is 63.2 Å². The lowest BCUT2D eigenvalue weighted by Gasteiger charge is -2.19. The normalized spacial score (nSPS) is 11.3. The SMILES string of the molecule is COC(=O)Cc1cc(-c2cccc(CNC(=O)OC(C)(C)C)c2)c2occc2c1. The number of ether oxygens (including phenoxy) is 2. The monoisotopic (exact) mass is 395 g/mol. The number of carbonyl (C=O) groups excluding carboxylic acids is 2. The van der Waals surface area contributed by atoms with Crippen molar-refractivity contribution in [1.82, 2.24) is 5.32 Å². The van der Waals surface area contributed by atoms with Crippen LogP contribution in [0.3, 0.4) is 0 Å². The van der Waals surface area contributed by atoms with Gasteiger partial charge in [0.1, 0.15) is 11.2 Å². The predicted molar refractivity (Wildman–Crippen MR) is 110 cm³/mol. The number of carbonyl (C=O) groups is 2. The highest BCUT2D eigenvalue weighted by Gasteiger charge is 2.16. The minimum Gasteiger partial charge on any atom is -0.469 e. The summed E-state index contributed by atoms with van der Waals surface area (Å²) in [4.78, 5) is 23.6. The van der Waals surface area contributed by atoms with Crippen LogP contribution < -0.4 is 5.32 Å². The van der Waals surface area contributed by atoms with Gasteiger partial charge in [-0.2, -0.15) is 0 Å². The van der Waals surface area contributed by atoms with Crippen molar-refractivity contribution in [3.05, 3.63) is 59.9 Å². The number of nitrogens with one attached hydrogen (secondary N) is 1. The number of fused-ring (bicyclic) bond motifs is 1. The zero-order valence-corrected chi connectivity index (χ0v) is 17.1. The van der Waals surface area contributed by atoms with E-state index in [1.54, 1.807) is 6.26 Å². The number of rotatable bonds is 5. The molecule has 0 aliphatic heterocycles. The molecule has 0 fully saturated rings. The van der Waals surface area contributed by atoms with Crippen molar-refractivity contribution < 1.29 is 23.5 Å². The number of benzene rings is 2. The molecule has 0 saturated carbocycles. The lowest BCUT2D eigenvalue weighted by molar-refractivity contribution is -0.139. The Hall–Kier alpha value is -3.28. The van der Waals surface area contributed by atoms with Crippen molar-refractivity contribution in [3.8, 4) is 11.1 Å². The fraction of sp³-hybridized carbons (Fsp3) is 0.304. The quantitative estimate of drug-likeness (QED) is 0.626. The Bertz CT molecular complexity index is 1030. The minimum atomic E-state index is -0.545. The topological polar surface area (TPSA) is 77.8 Å². The molecule has 0 aliphatic rings.